The van der Waals surface area contributed by atoms with Crippen molar-refractivity contribution in [3.05, 3.63) is 52.4 Å². The molecule has 2 N–H and O–H groups in total. The second-order valence-corrected chi connectivity index (χ2v) is 13.8. The van der Waals surface area contributed by atoms with Crippen LogP contribution >= 0.6 is 0 Å². The standard InChI is InChI=1S/C33H46N6O3/c1-22-9-7-8-10-26(22)27-19-23-20-34-30(36-28(23)39(29(27)40)25-13-17-42-18-14-25)35-24-11-15-38(16-12-24)31(41)37-33(5,6)21-32(2,3)4/h7-10,19-20,24-25H,11-18,21H2,1-6H3,(H,37,41)(H,34,35,36). The Hall–Kier alpha value is -3.46. The Balaban J connectivity index is 1.34. The van der Waals surface area contributed by atoms with Crippen molar-refractivity contribution in [2.24, 2.45) is 5.41 Å². The summed E-state index contributed by atoms with van der Waals surface area (Å²) in [5.74, 6) is 0.514. The van der Waals surface area contributed by atoms with Crippen molar-refractivity contribution >= 4 is 23.0 Å². The molecular formula is C33H46N6O3. The number of nitrogens with one attached hydrogen (secondary N) is 2. The number of pyridine rings is 1. The minimum Gasteiger partial charge on any atom is -0.381 e. The van der Waals surface area contributed by atoms with Gasteiger partial charge in [0.25, 0.3) is 5.56 Å². The predicted octanol–water partition coefficient (Wildman–Crippen LogP) is 5.92. The van der Waals surface area contributed by atoms with Gasteiger partial charge in [-0.1, -0.05) is 45.0 Å². The van der Waals surface area contributed by atoms with Gasteiger partial charge in [-0.2, -0.15) is 4.98 Å². The number of rotatable bonds is 6. The van der Waals surface area contributed by atoms with Crippen LogP contribution in [0.4, 0.5) is 10.7 Å². The first-order valence-corrected chi connectivity index (χ1v) is 15.3. The maximum absolute atomic E-state index is 14.0. The Morgan fingerprint density at radius 3 is 2.38 bits per heavy atom. The number of carbonyl (C=O) groups is 1. The number of aromatic nitrogens is 3. The molecule has 2 aliphatic rings. The molecule has 42 heavy (non-hydrogen) atoms. The first kappa shape index (κ1) is 30.0. The van der Waals surface area contributed by atoms with Gasteiger partial charge in [-0.3, -0.25) is 9.36 Å². The zero-order valence-electron chi connectivity index (χ0n) is 26.0. The van der Waals surface area contributed by atoms with Crippen LogP contribution in [0.3, 0.4) is 0 Å². The molecule has 2 fully saturated rings. The number of hydrogen-bond acceptors (Lipinski definition) is 6. The largest absolute Gasteiger partial charge is 0.381 e. The molecule has 3 aromatic rings. The highest BCUT2D eigenvalue weighted by Gasteiger charge is 2.31. The Kier molecular flexibility index (Phi) is 8.60. The van der Waals surface area contributed by atoms with Crippen LogP contribution in [-0.2, 0) is 4.74 Å². The van der Waals surface area contributed by atoms with E-state index in [1.807, 2.05) is 52.9 Å². The van der Waals surface area contributed by atoms with Crippen molar-refractivity contribution in [3.8, 4) is 11.1 Å². The topological polar surface area (TPSA) is 101 Å². The summed E-state index contributed by atoms with van der Waals surface area (Å²) in [6.07, 6.45) is 5.86. The summed E-state index contributed by atoms with van der Waals surface area (Å²) in [6, 6.07) is 10.1. The molecule has 4 heterocycles. The minimum atomic E-state index is -0.275. The monoisotopic (exact) mass is 574 g/mol. The SMILES string of the molecule is Cc1ccccc1-c1cc2cnc(NC3CCN(C(=O)NC(C)(C)CC(C)(C)C)CC3)nc2n(C2CCOCC2)c1=O. The van der Waals surface area contributed by atoms with Gasteiger partial charge in [-0.05, 0) is 75.5 Å². The van der Waals surface area contributed by atoms with Crippen LogP contribution < -0.4 is 16.2 Å². The third kappa shape index (κ3) is 6.94. The summed E-state index contributed by atoms with van der Waals surface area (Å²) in [7, 11) is 0. The van der Waals surface area contributed by atoms with Crippen molar-refractivity contribution in [3.63, 3.8) is 0 Å². The van der Waals surface area contributed by atoms with E-state index in [9.17, 15) is 9.59 Å². The third-order valence-electron chi connectivity index (χ3n) is 8.30. The fourth-order valence-electron chi connectivity index (χ4n) is 6.69. The fourth-order valence-corrected chi connectivity index (χ4v) is 6.69. The van der Waals surface area contributed by atoms with Crippen LogP contribution in [0.15, 0.2) is 41.3 Å². The summed E-state index contributed by atoms with van der Waals surface area (Å²) in [5.41, 5.74) is 3.15. The van der Waals surface area contributed by atoms with Crippen molar-refractivity contribution in [2.45, 2.75) is 91.3 Å². The van der Waals surface area contributed by atoms with Gasteiger partial charge in [0, 0.05) is 61.1 Å². The third-order valence-corrected chi connectivity index (χ3v) is 8.30. The Bertz CT molecular complexity index is 1480. The average Bonchev–Trinajstić information content (AvgIpc) is 2.92. The molecule has 0 atom stereocenters. The molecule has 5 rings (SSSR count). The highest BCUT2D eigenvalue weighted by atomic mass is 16.5. The normalized spacial score (nSPS) is 17.4. The van der Waals surface area contributed by atoms with E-state index in [0.717, 1.165) is 48.6 Å². The summed E-state index contributed by atoms with van der Waals surface area (Å²) < 4.78 is 7.49. The van der Waals surface area contributed by atoms with Gasteiger partial charge >= 0.3 is 6.03 Å². The molecule has 2 amide bonds. The highest BCUT2D eigenvalue weighted by Crippen LogP contribution is 2.29. The van der Waals surface area contributed by atoms with Gasteiger partial charge in [0.05, 0.1) is 0 Å². The molecule has 9 nitrogen and oxygen atoms in total. The van der Waals surface area contributed by atoms with E-state index in [-0.39, 0.29) is 34.6 Å². The lowest BCUT2D eigenvalue weighted by Gasteiger charge is -2.37. The van der Waals surface area contributed by atoms with Crippen molar-refractivity contribution < 1.29 is 9.53 Å². The number of carbonyl (C=O) groups excluding carboxylic acids is 1. The summed E-state index contributed by atoms with van der Waals surface area (Å²) in [4.78, 5) is 38.5. The summed E-state index contributed by atoms with van der Waals surface area (Å²) in [6.45, 7) is 15.4. The number of benzene rings is 1. The van der Waals surface area contributed by atoms with Crippen molar-refractivity contribution in [2.75, 3.05) is 31.6 Å². The number of hydrogen-bond donors (Lipinski definition) is 2. The lowest BCUT2D eigenvalue weighted by atomic mass is 9.82. The second-order valence-electron chi connectivity index (χ2n) is 13.8. The van der Waals surface area contributed by atoms with Crippen LogP contribution in [0.25, 0.3) is 22.2 Å². The number of amides is 2. The fraction of sp³-hybridized carbons (Fsp3) is 0.576. The van der Waals surface area contributed by atoms with E-state index in [2.05, 4.69) is 50.2 Å². The van der Waals surface area contributed by atoms with Crippen LogP contribution in [0.2, 0.25) is 0 Å². The number of likely N-dealkylation sites (tertiary alicyclic amines) is 1. The number of piperidine rings is 1. The van der Waals surface area contributed by atoms with E-state index in [1.54, 1.807) is 0 Å². The van der Waals surface area contributed by atoms with E-state index >= 15 is 0 Å². The number of urea groups is 1. The lowest BCUT2D eigenvalue weighted by Crippen LogP contribution is -2.54. The first-order chi connectivity index (χ1) is 19.9. The van der Waals surface area contributed by atoms with Crippen molar-refractivity contribution in [1.29, 1.82) is 0 Å². The first-order valence-electron chi connectivity index (χ1n) is 15.3. The number of ether oxygens (including phenoxy) is 1. The molecule has 0 radical (unpaired) electrons. The van der Waals surface area contributed by atoms with Gasteiger partial charge < -0.3 is 20.3 Å². The molecule has 2 aromatic heterocycles. The maximum atomic E-state index is 14.0. The van der Waals surface area contributed by atoms with Gasteiger partial charge in [0.15, 0.2) is 0 Å². The Morgan fingerprint density at radius 2 is 1.71 bits per heavy atom. The molecule has 0 aliphatic carbocycles. The zero-order valence-corrected chi connectivity index (χ0v) is 26.0. The predicted molar refractivity (Wildman–Crippen MR) is 168 cm³/mol. The number of fused-ring (bicyclic) bond motifs is 1. The summed E-state index contributed by atoms with van der Waals surface area (Å²) >= 11 is 0. The molecule has 0 spiro atoms. The average molecular weight is 575 g/mol. The molecule has 226 valence electrons. The maximum Gasteiger partial charge on any atom is 0.317 e. The van der Waals surface area contributed by atoms with Crippen LogP contribution in [0, 0.1) is 12.3 Å². The molecule has 0 saturated carbocycles. The Morgan fingerprint density at radius 1 is 1.02 bits per heavy atom. The van der Waals surface area contributed by atoms with Crippen LogP contribution in [0.1, 0.15) is 78.3 Å². The van der Waals surface area contributed by atoms with E-state index in [1.165, 1.54) is 0 Å². The van der Waals surface area contributed by atoms with Crippen molar-refractivity contribution in [1.82, 2.24) is 24.8 Å². The Labute approximate surface area is 249 Å². The molecule has 2 aliphatic heterocycles. The minimum absolute atomic E-state index is 0.00501. The van der Waals surface area contributed by atoms with Gasteiger partial charge in [-0.25, -0.2) is 9.78 Å². The van der Waals surface area contributed by atoms with Gasteiger partial charge in [0.2, 0.25) is 5.95 Å². The summed E-state index contributed by atoms with van der Waals surface area (Å²) in [5, 5.41) is 7.57. The lowest BCUT2D eigenvalue weighted by molar-refractivity contribution is 0.0697. The van der Waals surface area contributed by atoms with E-state index in [0.29, 0.717) is 43.5 Å². The highest BCUT2D eigenvalue weighted by molar-refractivity contribution is 5.82. The van der Waals surface area contributed by atoms with Crippen LogP contribution in [-0.4, -0.2) is 63.4 Å². The number of anilines is 1. The molecular weight excluding hydrogens is 528 g/mol. The molecule has 9 heteroatoms. The molecule has 0 bridgehead atoms. The number of aryl methyl sites for hydroxylation is 1. The quantitative estimate of drug-likeness (QED) is 0.379. The molecule has 2 saturated heterocycles. The smallest absolute Gasteiger partial charge is 0.317 e. The zero-order chi connectivity index (χ0) is 30.1. The van der Waals surface area contributed by atoms with Gasteiger partial charge in [0.1, 0.15) is 5.65 Å². The van der Waals surface area contributed by atoms with Gasteiger partial charge in [-0.15, -0.1) is 0 Å². The second kappa shape index (κ2) is 12.0. The van der Waals surface area contributed by atoms with Crippen LogP contribution in [0.5, 0.6) is 0 Å². The molecule has 1 aromatic carbocycles. The number of nitrogens with zero attached hydrogens (tertiary/aromatic N) is 4. The van der Waals surface area contributed by atoms with E-state index < -0.39 is 0 Å². The molecule has 0 unspecified atom stereocenters. The van der Waals surface area contributed by atoms with E-state index in [4.69, 9.17) is 9.72 Å².